The van der Waals surface area contributed by atoms with Crippen molar-refractivity contribution in [2.24, 2.45) is 0 Å². The molecule has 0 atom stereocenters. The van der Waals surface area contributed by atoms with Gasteiger partial charge in [-0.25, -0.2) is 0 Å². The maximum Gasteiger partial charge on any atom is 0.0663 e. The van der Waals surface area contributed by atoms with Crippen LogP contribution in [0.15, 0.2) is 24.3 Å². The Morgan fingerprint density at radius 3 is 2.44 bits per heavy atom. The quantitative estimate of drug-likeness (QED) is 0.673. The molecule has 0 radical (unpaired) electrons. The molecule has 88 valence electrons. The molecule has 0 bridgehead atoms. The van der Waals surface area contributed by atoms with Crippen LogP contribution in [0.4, 0.5) is 11.4 Å². The van der Waals surface area contributed by atoms with Crippen molar-refractivity contribution >= 4 is 11.4 Å². The van der Waals surface area contributed by atoms with Crippen LogP contribution in [0.25, 0.3) is 0 Å². The lowest BCUT2D eigenvalue weighted by molar-refractivity contribution is 0.0380. The zero-order valence-electron chi connectivity index (χ0n) is 9.28. The number of nitrogen functional groups attached to an aromatic ring is 1. The van der Waals surface area contributed by atoms with Gasteiger partial charge in [-0.1, -0.05) is 0 Å². The van der Waals surface area contributed by atoms with Crippen LogP contribution in [0, 0.1) is 0 Å². The maximum absolute atomic E-state index is 9.51. The Bertz CT molecular complexity index is 331. The van der Waals surface area contributed by atoms with Crippen LogP contribution in [-0.2, 0) is 4.74 Å². The number of aliphatic hydroxyl groups excluding tert-OH is 1. The molecule has 0 spiro atoms. The van der Waals surface area contributed by atoms with Gasteiger partial charge < -0.3 is 20.9 Å². The van der Waals surface area contributed by atoms with E-state index in [1.807, 2.05) is 24.3 Å². The Kier molecular flexibility index (Phi) is 3.31. The predicted octanol–water partition coefficient (Wildman–Crippen LogP) is 1.22. The monoisotopic (exact) mass is 222 g/mol. The van der Waals surface area contributed by atoms with E-state index in [0.717, 1.165) is 24.2 Å². The van der Waals surface area contributed by atoms with Gasteiger partial charge in [-0.05, 0) is 37.1 Å². The van der Waals surface area contributed by atoms with Gasteiger partial charge in [-0.2, -0.15) is 0 Å². The SMILES string of the molecule is Nc1ccc(NC2(CO)CCOCC2)cc1. The Morgan fingerprint density at radius 2 is 1.88 bits per heavy atom. The number of rotatable bonds is 3. The summed E-state index contributed by atoms with van der Waals surface area (Å²) in [5.74, 6) is 0. The third kappa shape index (κ3) is 2.46. The summed E-state index contributed by atoms with van der Waals surface area (Å²) in [4.78, 5) is 0. The number of benzene rings is 1. The molecule has 4 nitrogen and oxygen atoms in total. The van der Waals surface area contributed by atoms with Gasteiger partial charge in [0.1, 0.15) is 0 Å². The largest absolute Gasteiger partial charge is 0.399 e. The number of nitrogens with one attached hydrogen (secondary N) is 1. The zero-order valence-corrected chi connectivity index (χ0v) is 9.28. The van der Waals surface area contributed by atoms with Crippen molar-refractivity contribution in [1.29, 1.82) is 0 Å². The second-order valence-electron chi connectivity index (χ2n) is 4.30. The summed E-state index contributed by atoms with van der Waals surface area (Å²) < 4.78 is 5.31. The van der Waals surface area contributed by atoms with E-state index in [9.17, 15) is 5.11 Å². The molecule has 2 rings (SSSR count). The van der Waals surface area contributed by atoms with Gasteiger partial charge in [0, 0.05) is 24.6 Å². The molecule has 1 aromatic rings. The highest BCUT2D eigenvalue weighted by Crippen LogP contribution is 2.25. The zero-order chi connectivity index (χ0) is 11.4. The highest BCUT2D eigenvalue weighted by Gasteiger charge is 2.31. The topological polar surface area (TPSA) is 67.5 Å². The molecule has 0 amide bonds. The number of hydrogen-bond acceptors (Lipinski definition) is 4. The van der Waals surface area contributed by atoms with Crippen molar-refractivity contribution in [1.82, 2.24) is 0 Å². The van der Waals surface area contributed by atoms with E-state index < -0.39 is 0 Å². The molecule has 0 unspecified atom stereocenters. The Morgan fingerprint density at radius 1 is 1.25 bits per heavy atom. The first-order valence-electron chi connectivity index (χ1n) is 5.56. The molecule has 4 heteroatoms. The van der Waals surface area contributed by atoms with Crippen molar-refractivity contribution in [3.05, 3.63) is 24.3 Å². The Balaban J connectivity index is 2.08. The second-order valence-corrected chi connectivity index (χ2v) is 4.30. The standard InChI is InChI=1S/C12H18N2O2/c13-10-1-3-11(4-2-10)14-12(9-15)5-7-16-8-6-12/h1-4,14-15H,5-9,13H2. The third-order valence-electron chi connectivity index (χ3n) is 3.07. The molecule has 1 fully saturated rings. The number of ether oxygens (including phenoxy) is 1. The molecular formula is C12H18N2O2. The Labute approximate surface area is 95.4 Å². The summed E-state index contributed by atoms with van der Waals surface area (Å²) in [5, 5.41) is 12.9. The number of hydrogen-bond donors (Lipinski definition) is 3. The number of anilines is 2. The summed E-state index contributed by atoms with van der Waals surface area (Å²) in [6.07, 6.45) is 1.65. The van der Waals surface area contributed by atoms with E-state index >= 15 is 0 Å². The summed E-state index contributed by atoms with van der Waals surface area (Å²) >= 11 is 0. The van der Waals surface area contributed by atoms with E-state index in [-0.39, 0.29) is 12.1 Å². The summed E-state index contributed by atoms with van der Waals surface area (Å²) in [5.41, 5.74) is 7.12. The maximum atomic E-state index is 9.51. The van der Waals surface area contributed by atoms with Gasteiger partial charge in [-0.15, -0.1) is 0 Å². The molecule has 1 aliphatic heterocycles. The second kappa shape index (κ2) is 4.72. The lowest BCUT2D eigenvalue weighted by atomic mass is 9.90. The summed E-state index contributed by atoms with van der Waals surface area (Å²) in [6, 6.07) is 7.57. The minimum Gasteiger partial charge on any atom is -0.399 e. The van der Waals surface area contributed by atoms with Crippen LogP contribution < -0.4 is 11.1 Å². The van der Waals surface area contributed by atoms with Gasteiger partial charge in [0.15, 0.2) is 0 Å². The van der Waals surface area contributed by atoms with Crippen molar-refractivity contribution in [3.63, 3.8) is 0 Å². The van der Waals surface area contributed by atoms with E-state index in [0.29, 0.717) is 13.2 Å². The molecule has 1 aliphatic rings. The normalized spacial score (nSPS) is 19.3. The van der Waals surface area contributed by atoms with Gasteiger partial charge in [0.2, 0.25) is 0 Å². The average molecular weight is 222 g/mol. The molecular weight excluding hydrogens is 204 g/mol. The van der Waals surface area contributed by atoms with Gasteiger partial charge >= 0.3 is 0 Å². The van der Waals surface area contributed by atoms with E-state index in [1.54, 1.807) is 0 Å². The van der Waals surface area contributed by atoms with Crippen LogP contribution in [0.3, 0.4) is 0 Å². The van der Waals surface area contributed by atoms with Crippen LogP contribution in [0.2, 0.25) is 0 Å². The smallest absolute Gasteiger partial charge is 0.0663 e. The van der Waals surface area contributed by atoms with Crippen molar-refractivity contribution < 1.29 is 9.84 Å². The number of aliphatic hydroxyl groups is 1. The first-order chi connectivity index (χ1) is 7.74. The molecule has 0 saturated carbocycles. The van der Waals surface area contributed by atoms with Crippen LogP contribution >= 0.6 is 0 Å². The fourth-order valence-electron chi connectivity index (χ4n) is 1.96. The third-order valence-corrected chi connectivity index (χ3v) is 3.07. The fraction of sp³-hybridized carbons (Fsp3) is 0.500. The van der Waals surface area contributed by atoms with Gasteiger partial charge in [0.25, 0.3) is 0 Å². The first-order valence-corrected chi connectivity index (χ1v) is 5.56. The van der Waals surface area contributed by atoms with Crippen LogP contribution in [0.5, 0.6) is 0 Å². The van der Waals surface area contributed by atoms with Crippen LogP contribution in [0.1, 0.15) is 12.8 Å². The molecule has 1 aromatic carbocycles. The van der Waals surface area contributed by atoms with E-state index in [2.05, 4.69) is 5.32 Å². The molecule has 0 aliphatic carbocycles. The average Bonchev–Trinajstić information content (AvgIpc) is 2.33. The summed E-state index contributed by atoms with van der Waals surface area (Å²) in [6.45, 7) is 1.52. The van der Waals surface area contributed by atoms with Crippen molar-refractivity contribution in [3.8, 4) is 0 Å². The highest BCUT2D eigenvalue weighted by molar-refractivity contribution is 5.52. The fourth-order valence-corrected chi connectivity index (χ4v) is 1.96. The predicted molar refractivity (Wildman–Crippen MR) is 64.3 cm³/mol. The van der Waals surface area contributed by atoms with Gasteiger partial charge in [-0.3, -0.25) is 0 Å². The molecule has 1 heterocycles. The Hall–Kier alpha value is -1.26. The van der Waals surface area contributed by atoms with Gasteiger partial charge in [0.05, 0.1) is 12.1 Å². The molecule has 16 heavy (non-hydrogen) atoms. The lowest BCUT2D eigenvalue weighted by Crippen LogP contribution is -2.46. The number of nitrogens with two attached hydrogens (primary N) is 1. The minimum atomic E-state index is -0.242. The van der Waals surface area contributed by atoms with Crippen LogP contribution in [-0.4, -0.2) is 30.5 Å². The minimum absolute atomic E-state index is 0.126. The van der Waals surface area contributed by atoms with E-state index in [4.69, 9.17) is 10.5 Å². The molecule has 1 saturated heterocycles. The molecule has 0 aromatic heterocycles. The van der Waals surface area contributed by atoms with Crippen molar-refractivity contribution in [2.75, 3.05) is 30.9 Å². The van der Waals surface area contributed by atoms with Crippen molar-refractivity contribution in [2.45, 2.75) is 18.4 Å². The highest BCUT2D eigenvalue weighted by atomic mass is 16.5. The first kappa shape index (κ1) is 11.2. The van der Waals surface area contributed by atoms with E-state index in [1.165, 1.54) is 0 Å². The lowest BCUT2D eigenvalue weighted by Gasteiger charge is -2.37. The summed E-state index contributed by atoms with van der Waals surface area (Å²) in [7, 11) is 0. The molecule has 4 N–H and O–H groups in total.